The first kappa shape index (κ1) is 18.2. The van der Waals surface area contributed by atoms with Crippen LogP contribution in [0.25, 0.3) is 0 Å². The Labute approximate surface area is 136 Å². The van der Waals surface area contributed by atoms with E-state index in [0.717, 1.165) is 32.8 Å². The first-order valence-corrected chi connectivity index (χ1v) is 9.25. The molecule has 130 valence electrons. The lowest BCUT2D eigenvalue weighted by molar-refractivity contribution is -0.0993. The molecule has 2 atom stereocenters. The van der Waals surface area contributed by atoms with Crippen molar-refractivity contribution in [2.45, 2.75) is 65.2 Å². The second-order valence-corrected chi connectivity index (χ2v) is 7.63. The van der Waals surface area contributed by atoms with Crippen LogP contribution in [0.3, 0.4) is 0 Å². The Morgan fingerprint density at radius 1 is 1.00 bits per heavy atom. The second-order valence-electron chi connectivity index (χ2n) is 7.63. The third-order valence-corrected chi connectivity index (χ3v) is 5.06. The highest BCUT2D eigenvalue weighted by molar-refractivity contribution is 4.85. The van der Waals surface area contributed by atoms with Crippen molar-refractivity contribution in [1.82, 2.24) is 10.2 Å². The molecule has 2 fully saturated rings. The number of hydrogen-bond acceptors (Lipinski definition) is 4. The molecule has 2 aliphatic rings. The Hall–Kier alpha value is -0.160. The molecule has 0 saturated carbocycles. The first-order chi connectivity index (χ1) is 10.6. The van der Waals surface area contributed by atoms with Crippen molar-refractivity contribution in [3.8, 4) is 0 Å². The lowest BCUT2D eigenvalue weighted by Gasteiger charge is -2.39. The van der Waals surface area contributed by atoms with Crippen LogP contribution in [0.1, 0.15) is 47.0 Å². The van der Waals surface area contributed by atoms with Gasteiger partial charge in [-0.25, -0.2) is 0 Å². The molecule has 0 aromatic heterocycles. The summed E-state index contributed by atoms with van der Waals surface area (Å²) in [6, 6.07) is 0.623. The molecule has 0 spiro atoms. The minimum Gasteiger partial charge on any atom is -0.379 e. The maximum atomic E-state index is 6.28. The van der Waals surface area contributed by atoms with Gasteiger partial charge in [0.1, 0.15) is 0 Å². The SMILES string of the molecule is CC(C)[C@H]1CC(NCCCN2CCOCC2)C[C@H](C(C)C)O1. The molecule has 0 aromatic rings. The van der Waals surface area contributed by atoms with Crippen molar-refractivity contribution < 1.29 is 9.47 Å². The van der Waals surface area contributed by atoms with Crippen molar-refractivity contribution in [2.24, 2.45) is 11.8 Å². The zero-order valence-corrected chi connectivity index (χ0v) is 15.0. The van der Waals surface area contributed by atoms with Gasteiger partial charge < -0.3 is 14.8 Å². The third-order valence-electron chi connectivity index (χ3n) is 5.06. The van der Waals surface area contributed by atoms with E-state index < -0.39 is 0 Å². The highest BCUT2D eigenvalue weighted by Gasteiger charge is 2.32. The zero-order chi connectivity index (χ0) is 15.9. The molecule has 4 heteroatoms. The molecule has 0 radical (unpaired) electrons. The number of morpholine rings is 1. The minimum absolute atomic E-state index is 0.415. The molecule has 2 saturated heterocycles. The van der Waals surface area contributed by atoms with Gasteiger partial charge in [-0.1, -0.05) is 27.7 Å². The summed E-state index contributed by atoms with van der Waals surface area (Å²) < 4.78 is 11.7. The molecule has 22 heavy (non-hydrogen) atoms. The highest BCUT2D eigenvalue weighted by Crippen LogP contribution is 2.28. The zero-order valence-electron chi connectivity index (χ0n) is 15.0. The molecule has 0 amide bonds. The van der Waals surface area contributed by atoms with E-state index in [1.54, 1.807) is 0 Å². The standard InChI is InChI=1S/C18H36N2O2/c1-14(2)17-12-16(13-18(22-17)15(3)4)19-6-5-7-20-8-10-21-11-9-20/h14-19H,5-13H2,1-4H3/t17-,18-/m1/s1. The topological polar surface area (TPSA) is 33.7 Å². The monoisotopic (exact) mass is 312 g/mol. The van der Waals surface area contributed by atoms with E-state index in [9.17, 15) is 0 Å². The average Bonchev–Trinajstić information content (AvgIpc) is 2.52. The fraction of sp³-hybridized carbons (Fsp3) is 1.00. The van der Waals surface area contributed by atoms with Crippen molar-refractivity contribution in [3.63, 3.8) is 0 Å². The molecule has 0 bridgehead atoms. The summed E-state index contributed by atoms with van der Waals surface area (Å²) in [5, 5.41) is 3.79. The summed E-state index contributed by atoms with van der Waals surface area (Å²) >= 11 is 0. The molecular weight excluding hydrogens is 276 g/mol. The third kappa shape index (κ3) is 5.80. The Morgan fingerprint density at radius 2 is 1.59 bits per heavy atom. The van der Waals surface area contributed by atoms with E-state index in [2.05, 4.69) is 37.9 Å². The van der Waals surface area contributed by atoms with Gasteiger partial charge in [-0.3, -0.25) is 4.90 Å². The molecule has 0 unspecified atom stereocenters. The predicted molar refractivity (Wildman–Crippen MR) is 91.2 cm³/mol. The lowest BCUT2D eigenvalue weighted by atomic mass is 9.88. The van der Waals surface area contributed by atoms with Gasteiger partial charge in [-0.15, -0.1) is 0 Å². The van der Waals surface area contributed by atoms with Crippen molar-refractivity contribution >= 4 is 0 Å². The summed E-state index contributed by atoms with van der Waals surface area (Å²) in [6.45, 7) is 15.4. The molecule has 0 aliphatic carbocycles. The van der Waals surface area contributed by atoms with Gasteiger partial charge >= 0.3 is 0 Å². The van der Waals surface area contributed by atoms with Crippen LogP contribution in [-0.2, 0) is 9.47 Å². The maximum absolute atomic E-state index is 6.28. The average molecular weight is 312 g/mol. The van der Waals surface area contributed by atoms with Crippen LogP contribution in [0.5, 0.6) is 0 Å². The molecule has 1 N–H and O–H groups in total. The van der Waals surface area contributed by atoms with Gasteiger partial charge in [0.25, 0.3) is 0 Å². The molecular formula is C18H36N2O2. The van der Waals surface area contributed by atoms with Crippen LogP contribution in [0, 0.1) is 11.8 Å². The van der Waals surface area contributed by atoms with Crippen molar-refractivity contribution in [1.29, 1.82) is 0 Å². The van der Waals surface area contributed by atoms with E-state index in [1.165, 1.54) is 25.8 Å². The Bertz CT molecular complexity index is 287. The number of ether oxygens (including phenoxy) is 2. The maximum Gasteiger partial charge on any atom is 0.0616 e. The lowest BCUT2D eigenvalue weighted by Crippen LogP contribution is -2.47. The van der Waals surface area contributed by atoms with E-state index in [1.807, 2.05) is 0 Å². The van der Waals surface area contributed by atoms with Gasteiger partial charge in [0, 0.05) is 19.1 Å². The van der Waals surface area contributed by atoms with Crippen LogP contribution in [0.2, 0.25) is 0 Å². The molecule has 2 aliphatic heterocycles. The predicted octanol–water partition coefficient (Wildman–Crippen LogP) is 2.53. The molecule has 2 heterocycles. The summed E-state index contributed by atoms with van der Waals surface area (Å²) in [5.41, 5.74) is 0. The van der Waals surface area contributed by atoms with Crippen LogP contribution in [-0.4, -0.2) is 62.5 Å². The van der Waals surface area contributed by atoms with Gasteiger partial charge in [-0.05, 0) is 44.2 Å². The van der Waals surface area contributed by atoms with Crippen LogP contribution in [0.15, 0.2) is 0 Å². The Kier molecular flexibility index (Phi) is 7.61. The van der Waals surface area contributed by atoms with Crippen LogP contribution in [0.4, 0.5) is 0 Å². The van der Waals surface area contributed by atoms with E-state index >= 15 is 0 Å². The fourth-order valence-electron chi connectivity index (χ4n) is 3.45. The van der Waals surface area contributed by atoms with Gasteiger partial charge in [0.2, 0.25) is 0 Å². The quantitative estimate of drug-likeness (QED) is 0.733. The summed E-state index contributed by atoms with van der Waals surface area (Å²) in [4.78, 5) is 2.52. The van der Waals surface area contributed by atoms with Gasteiger partial charge in [0.05, 0.1) is 25.4 Å². The minimum atomic E-state index is 0.415. The number of rotatable bonds is 7. The Balaban J connectivity index is 1.68. The summed E-state index contributed by atoms with van der Waals surface area (Å²) in [6.07, 6.45) is 4.39. The summed E-state index contributed by atoms with van der Waals surface area (Å²) in [5.74, 6) is 1.22. The molecule has 2 rings (SSSR count). The normalized spacial score (nSPS) is 31.1. The molecule has 4 nitrogen and oxygen atoms in total. The largest absolute Gasteiger partial charge is 0.379 e. The second kappa shape index (κ2) is 9.21. The smallest absolute Gasteiger partial charge is 0.0616 e. The first-order valence-electron chi connectivity index (χ1n) is 9.25. The van der Waals surface area contributed by atoms with E-state index in [0.29, 0.717) is 30.1 Å². The number of nitrogens with one attached hydrogen (secondary N) is 1. The van der Waals surface area contributed by atoms with Crippen molar-refractivity contribution in [3.05, 3.63) is 0 Å². The van der Waals surface area contributed by atoms with Crippen molar-refractivity contribution in [2.75, 3.05) is 39.4 Å². The van der Waals surface area contributed by atoms with Crippen LogP contribution >= 0.6 is 0 Å². The molecule has 0 aromatic carbocycles. The number of hydrogen-bond donors (Lipinski definition) is 1. The van der Waals surface area contributed by atoms with E-state index in [4.69, 9.17) is 9.47 Å². The Morgan fingerprint density at radius 3 is 2.14 bits per heavy atom. The fourth-order valence-corrected chi connectivity index (χ4v) is 3.45. The summed E-state index contributed by atoms with van der Waals surface area (Å²) in [7, 11) is 0. The van der Waals surface area contributed by atoms with Gasteiger partial charge in [0.15, 0.2) is 0 Å². The highest BCUT2D eigenvalue weighted by atomic mass is 16.5. The van der Waals surface area contributed by atoms with E-state index in [-0.39, 0.29) is 0 Å². The van der Waals surface area contributed by atoms with Crippen LogP contribution < -0.4 is 5.32 Å². The number of nitrogens with zero attached hydrogens (tertiary/aromatic N) is 1. The van der Waals surface area contributed by atoms with Gasteiger partial charge in [-0.2, -0.15) is 0 Å².